The fourth-order valence-electron chi connectivity index (χ4n) is 1.11. The van der Waals surface area contributed by atoms with E-state index in [1.54, 1.807) is 0 Å². The molecule has 0 aromatic heterocycles. The Kier molecular flexibility index (Phi) is 3.09. The highest BCUT2D eigenvalue weighted by Crippen LogP contribution is 2.18. The van der Waals surface area contributed by atoms with Crippen LogP contribution in [0.5, 0.6) is 0 Å². The van der Waals surface area contributed by atoms with E-state index in [-0.39, 0.29) is 5.76 Å². The van der Waals surface area contributed by atoms with E-state index in [1.807, 2.05) is 24.3 Å². The Balaban J connectivity index is 2.87. The maximum atomic E-state index is 8.37. The molecule has 0 radical (unpaired) electrons. The molecule has 1 aromatic rings. The third-order valence-electron chi connectivity index (χ3n) is 2.01. The Hall–Kier alpha value is -1.28. The molecule has 1 N–H and O–H groups in total. The van der Waals surface area contributed by atoms with Crippen LogP contribution in [0.2, 0.25) is 0 Å². The normalized spacial score (nSPS) is 10.2. The largest absolute Gasteiger partial charge is 0.340 e. The summed E-state index contributed by atoms with van der Waals surface area (Å²) >= 11 is 0. The van der Waals surface area contributed by atoms with Crippen molar-refractivity contribution < 1.29 is 10.1 Å². The van der Waals surface area contributed by atoms with Gasteiger partial charge in [-0.2, -0.15) is 0 Å². The molecule has 0 aliphatic heterocycles. The van der Waals surface area contributed by atoms with Gasteiger partial charge < -0.3 is 4.89 Å². The van der Waals surface area contributed by atoms with Crippen LogP contribution in [0.15, 0.2) is 30.8 Å². The zero-order chi connectivity index (χ0) is 9.84. The lowest BCUT2D eigenvalue weighted by molar-refractivity contribution is -0.169. The van der Waals surface area contributed by atoms with Gasteiger partial charge in [0.15, 0.2) is 5.76 Å². The highest BCUT2D eigenvalue weighted by Gasteiger charge is 2.01. The number of hydrogen-bond acceptors (Lipinski definition) is 2. The number of rotatable bonds is 3. The van der Waals surface area contributed by atoms with Gasteiger partial charge in [0, 0.05) is 5.56 Å². The van der Waals surface area contributed by atoms with Gasteiger partial charge in [0.25, 0.3) is 0 Å². The van der Waals surface area contributed by atoms with Crippen LogP contribution in [0.3, 0.4) is 0 Å². The van der Waals surface area contributed by atoms with Gasteiger partial charge in [-0.05, 0) is 11.5 Å². The van der Waals surface area contributed by atoms with Gasteiger partial charge in [0.1, 0.15) is 0 Å². The second-order valence-corrected chi connectivity index (χ2v) is 3.29. The number of hydrogen-bond donors (Lipinski definition) is 1. The zero-order valence-electron chi connectivity index (χ0n) is 7.95. The van der Waals surface area contributed by atoms with Crippen LogP contribution in [0.1, 0.15) is 30.9 Å². The fourth-order valence-corrected chi connectivity index (χ4v) is 1.11. The molecule has 0 aliphatic rings. The molecule has 0 saturated carbocycles. The second kappa shape index (κ2) is 4.10. The monoisotopic (exact) mass is 178 g/mol. The van der Waals surface area contributed by atoms with E-state index in [0.717, 1.165) is 5.56 Å². The van der Waals surface area contributed by atoms with Crippen molar-refractivity contribution in [2.24, 2.45) is 0 Å². The predicted octanol–water partition coefficient (Wildman–Crippen LogP) is 3.27. The maximum Gasteiger partial charge on any atom is 0.165 e. The summed E-state index contributed by atoms with van der Waals surface area (Å²) in [4.78, 5) is 4.04. The van der Waals surface area contributed by atoms with Crippen molar-refractivity contribution in [1.82, 2.24) is 0 Å². The van der Waals surface area contributed by atoms with Crippen LogP contribution < -0.4 is 0 Å². The zero-order valence-corrected chi connectivity index (χ0v) is 7.95. The van der Waals surface area contributed by atoms with Crippen molar-refractivity contribution in [3.8, 4) is 0 Å². The average molecular weight is 178 g/mol. The molecule has 0 bridgehead atoms. The van der Waals surface area contributed by atoms with Crippen LogP contribution in [0.25, 0.3) is 5.76 Å². The van der Waals surface area contributed by atoms with Crippen molar-refractivity contribution in [3.63, 3.8) is 0 Å². The van der Waals surface area contributed by atoms with E-state index >= 15 is 0 Å². The summed E-state index contributed by atoms with van der Waals surface area (Å²) in [6, 6.07) is 7.77. The van der Waals surface area contributed by atoms with Crippen molar-refractivity contribution >= 4 is 5.76 Å². The molecule has 0 heterocycles. The van der Waals surface area contributed by atoms with Crippen molar-refractivity contribution in [3.05, 3.63) is 42.0 Å². The van der Waals surface area contributed by atoms with E-state index in [2.05, 4.69) is 25.3 Å². The smallest absolute Gasteiger partial charge is 0.165 e. The van der Waals surface area contributed by atoms with Crippen molar-refractivity contribution in [2.45, 2.75) is 19.8 Å². The Morgan fingerprint density at radius 2 is 1.85 bits per heavy atom. The van der Waals surface area contributed by atoms with E-state index in [4.69, 9.17) is 5.26 Å². The first-order chi connectivity index (χ1) is 6.15. The second-order valence-electron chi connectivity index (χ2n) is 3.29. The maximum absolute atomic E-state index is 8.37. The molecule has 2 heteroatoms. The first-order valence-corrected chi connectivity index (χ1v) is 4.25. The third-order valence-corrected chi connectivity index (χ3v) is 2.01. The van der Waals surface area contributed by atoms with E-state index in [1.165, 1.54) is 5.56 Å². The summed E-state index contributed by atoms with van der Waals surface area (Å²) in [5.74, 6) is 0.785. The summed E-state index contributed by atoms with van der Waals surface area (Å²) < 4.78 is 0. The van der Waals surface area contributed by atoms with E-state index in [0.29, 0.717) is 5.92 Å². The van der Waals surface area contributed by atoms with Gasteiger partial charge in [-0.15, -0.1) is 0 Å². The lowest BCUT2D eigenvalue weighted by Crippen LogP contribution is -1.89. The minimum absolute atomic E-state index is 0.273. The Morgan fingerprint density at radius 1 is 1.31 bits per heavy atom. The molecule has 0 saturated heterocycles. The molecule has 0 atom stereocenters. The lowest BCUT2D eigenvalue weighted by atomic mass is 10.0. The Morgan fingerprint density at radius 3 is 2.23 bits per heavy atom. The molecule has 1 aromatic carbocycles. The van der Waals surface area contributed by atoms with Crippen LogP contribution in [0.4, 0.5) is 0 Å². The van der Waals surface area contributed by atoms with Crippen molar-refractivity contribution in [2.75, 3.05) is 0 Å². The molecular formula is C11H14O2. The lowest BCUT2D eigenvalue weighted by Gasteiger charge is -2.06. The molecule has 13 heavy (non-hydrogen) atoms. The molecule has 0 aliphatic carbocycles. The van der Waals surface area contributed by atoms with Crippen LogP contribution >= 0.6 is 0 Å². The molecular weight excluding hydrogens is 164 g/mol. The van der Waals surface area contributed by atoms with Crippen LogP contribution in [-0.2, 0) is 4.89 Å². The average Bonchev–Trinajstić information content (AvgIpc) is 2.17. The SMILES string of the molecule is C=C(OO)c1ccc(C(C)C)cc1. The summed E-state index contributed by atoms with van der Waals surface area (Å²) in [5.41, 5.74) is 2.06. The first kappa shape index (κ1) is 9.81. The van der Waals surface area contributed by atoms with Gasteiger partial charge in [-0.3, -0.25) is 0 Å². The number of benzene rings is 1. The summed E-state index contributed by atoms with van der Waals surface area (Å²) in [5, 5.41) is 8.37. The van der Waals surface area contributed by atoms with Crippen molar-refractivity contribution in [1.29, 1.82) is 0 Å². The van der Waals surface area contributed by atoms with Gasteiger partial charge in [0.2, 0.25) is 0 Å². The highest BCUT2D eigenvalue weighted by molar-refractivity contribution is 5.57. The molecule has 2 nitrogen and oxygen atoms in total. The molecule has 0 unspecified atom stereocenters. The Labute approximate surface area is 78.4 Å². The summed E-state index contributed by atoms with van der Waals surface area (Å²) in [6.45, 7) is 7.81. The minimum Gasteiger partial charge on any atom is -0.340 e. The highest BCUT2D eigenvalue weighted by atomic mass is 17.1. The molecule has 0 fully saturated rings. The minimum atomic E-state index is 0.273. The van der Waals surface area contributed by atoms with Gasteiger partial charge in [-0.1, -0.05) is 44.7 Å². The summed E-state index contributed by atoms with van der Waals surface area (Å²) in [6.07, 6.45) is 0. The molecule has 0 spiro atoms. The van der Waals surface area contributed by atoms with Crippen LogP contribution in [0, 0.1) is 0 Å². The van der Waals surface area contributed by atoms with E-state index < -0.39 is 0 Å². The van der Waals surface area contributed by atoms with Gasteiger partial charge in [-0.25, -0.2) is 5.26 Å². The van der Waals surface area contributed by atoms with E-state index in [9.17, 15) is 0 Å². The predicted molar refractivity (Wildman–Crippen MR) is 53.3 cm³/mol. The quantitative estimate of drug-likeness (QED) is 0.437. The molecule has 0 amide bonds. The van der Waals surface area contributed by atoms with Crippen LogP contribution in [-0.4, -0.2) is 5.26 Å². The standard InChI is InChI=1S/C11H14O2/c1-8(2)10-4-6-11(7-5-10)9(3)13-12/h4-8,12H,3H2,1-2H3. The Bertz CT molecular complexity index is 285. The molecule has 70 valence electrons. The third kappa shape index (κ3) is 2.33. The topological polar surface area (TPSA) is 29.5 Å². The fraction of sp³-hybridized carbons (Fsp3) is 0.273. The van der Waals surface area contributed by atoms with Gasteiger partial charge >= 0.3 is 0 Å². The summed E-state index contributed by atoms with van der Waals surface area (Å²) in [7, 11) is 0. The molecule has 1 rings (SSSR count). The van der Waals surface area contributed by atoms with Gasteiger partial charge in [0.05, 0.1) is 0 Å². The first-order valence-electron chi connectivity index (χ1n) is 4.25.